The first-order valence-corrected chi connectivity index (χ1v) is 8.37. The van der Waals surface area contributed by atoms with E-state index in [-0.39, 0.29) is 12.4 Å². The maximum Gasteiger partial charge on any atom is 0.420 e. The number of hydrogen-bond donors (Lipinski definition) is 0. The highest BCUT2D eigenvalue weighted by Gasteiger charge is 2.23. The summed E-state index contributed by atoms with van der Waals surface area (Å²) in [6.45, 7) is 2.93. The van der Waals surface area contributed by atoms with Crippen molar-refractivity contribution >= 4 is 22.9 Å². The molecule has 2 aromatic carbocycles. The maximum absolute atomic E-state index is 12.5. The second kappa shape index (κ2) is 7.49. The van der Waals surface area contributed by atoms with E-state index in [1.54, 1.807) is 49.4 Å². The lowest BCUT2D eigenvalue weighted by Gasteiger charge is -2.14. The summed E-state index contributed by atoms with van der Waals surface area (Å²) in [6.07, 6.45) is 0. The van der Waals surface area contributed by atoms with Crippen molar-refractivity contribution in [3.05, 3.63) is 64.1 Å². The summed E-state index contributed by atoms with van der Waals surface area (Å²) >= 11 is 0. The summed E-state index contributed by atoms with van der Waals surface area (Å²) in [6, 6.07) is 10.9. The minimum absolute atomic E-state index is 0.0853. The molecule has 0 saturated heterocycles. The van der Waals surface area contributed by atoms with E-state index in [1.807, 2.05) is 0 Å². The molecule has 0 N–H and O–H groups in total. The Hall–Kier alpha value is -3.35. The van der Waals surface area contributed by atoms with Gasteiger partial charge in [-0.3, -0.25) is 9.36 Å². The summed E-state index contributed by atoms with van der Waals surface area (Å²) in [7, 11) is 1.49. The predicted octanol–water partition coefficient (Wildman–Crippen LogP) is 3.11. The van der Waals surface area contributed by atoms with Gasteiger partial charge < -0.3 is 13.9 Å². The second-order valence-electron chi connectivity index (χ2n) is 6.07. The molecule has 140 valence electrons. The lowest BCUT2D eigenvalue weighted by atomic mass is 10.1. The first-order chi connectivity index (χ1) is 12.9. The number of oxazole rings is 1. The first-order valence-electron chi connectivity index (χ1n) is 8.37. The fourth-order valence-electron chi connectivity index (χ4n) is 2.84. The molecule has 1 atom stereocenters. The smallest absolute Gasteiger partial charge is 0.420 e. The number of carbonyl (C=O) groups excluding carboxylic acids is 2. The van der Waals surface area contributed by atoms with Gasteiger partial charge in [0.05, 0.1) is 12.6 Å². The van der Waals surface area contributed by atoms with Gasteiger partial charge in [-0.1, -0.05) is 12.1 Å². The number of ketones is 1. The number of benzene rings is 2. The Morgan fingerprint density at radius 1 is 1.19 bits per heavy atom. The summed E-state index contributed by atoms with van der Waals surface area (Å²) in [5.74, 6) is -0.822. The van der Waals surface area contributed by atoms with Crippen LogP contribution >= 0.6 is 0 Å². The Morgan fingerprint density at radius 2 is 1.93 bits per heavy atom. The van der Waals surface area contributed by atoms with Gasteiger partial charge in [0.2, 0.25) is 0 Å². The Balaban J connectivity index is 1.81. The van der Waals surface area contributed by atoms with Crippen LogP contribution in [0.3, 0.4) is 0 Å². The number of hydrogen-bond acceptors (Lipinski definition) is 6. The molecule has 0 aliphatic heterocycles. The molecular formula is C20H19NO6. The highest BCUT2D eigenvalue weighted by atomic mass is 16.5. The van der Waals surface area contributed by atoms with Crippen LogP contribution in [-0.2, 0) is 16.1 Å². The van der Waals surface area contributed by atoms with Crippen LogP contribution in [-0.4, -0.2) is 23.4 Å². The average molecular weight is 369 g/mol. The normalized spacial score (nSPS) is 12.0. The Labute approximate surface area is 155 Å². The minimum atomic E-state index is -0.872. The molecule has 0 amide bonds. The standard InChI is InChI=1S/C20H19NO6/c1-12(21-16-6-4-5-7-18(16)27-20(21)24)19(23)26-11-15-10-14(13(2)22)8-9-17(15)25-3/h4-10,12H,11H2,1-3H3/t12-/m1/s1. The zero-order valence-corrected chi connectivity index (χ0v) is 15.2. The molecule has 3 aromatic rings. The van der Waals surface area contributed by atoms with Gasteiger partial charge in [-0.15, -0.1) is 0 Å². The number of aromatic nitrogens is 1. The van der Waals surface area contributed by atoms with Crippen molar-refractivity contribution in [1.29, 1.82) is 0 Å². The Kier molecular flexibility index (Phi) is 5.12. The van der Waals surface area contributed by atoms with Crippen molar-refractivity contribution in [2.24, 2.45) is 0 Å². The second-order valence-corrected chi connectivity index (χ2v) is 6.07. The van der Waals surface area contributed by atoms with Crippen molar-refractivity contribution in [1.82, 2.24) is 4.57 Å². The number of Topliss-reactive ketones (excluding diaryl/α,β-unsaturated/α-hetero) is 1. The van der Waals surface area contributed by atoms with Crippen LogP contribution in [0.15, 0.2) is 51.7 Å². The van der Waals surface area contributed by atoms with Gasteiger partial charge in [0.25, 0.3) is 0 Å². The third-order valence-corrected chi connectivity index (χ3v) is 4.30. The number of nitrogens with zero attached hydrogens (tertiary/aromatic N) is 1. The molecular weight excluding hydrogens is 350 g/mol. The molecule has 7 nitrogen and oxygen atoms in total. The van der Waals surface area contributed by atoms with E-state index >= 15 is 0 Å². The van der Waals surface area contributed by atoms with E-state index in [9.17, 15) is 14.4 Å². The van der Waals surface area contributed by atoms with Crippen molar-refractivity contribution < 1.29 is 23.5 Å². The predicted molar refractivity (Wildman–Crippen MR) is 98.0 cm³/mol. The Bertz CT molecular complexity index is 1060. The molecule has 0 aliphatic rings. The van der Waals surface area contributed by atoms with Crippen LogP contribution in [0.1, 0.15) is 35.8 Å². The molecule has 0 saturated carbocycles. The molecule has 0 aliphatic carbocycles. The summed E-state index contributed by atoms with van der Waals surface area (Å²) < 4.78 is 17.0. The van der Waals surface area contributed by atoms with Crippen molar-refractivity contribution in [2.45, 2.75) is 26.5 Å². The number of fused-ring (bicyclic) bond motifs is 1. The van der Waals surface area contributed by atoms with Gasteiger partial charge in [0, 0.05) is 11.1 Å². The molecule has 0 bridgehead atoms. The summed E-state index contributed by atoms with van der Waals surface area (Å²) in [5, 5.41) is 0. The van der Waals surface area contributed by atoms with Crippen molar-refractivity contribution in [3.8, 4) is 5.75 Å². The van der Waals surface area contributed by atoms with Gasteiger partial charge in [-0.25, -0.2) is 9.59 Å². The van der Waals surface area contributed by atoms with Crippen LogP contribution in [0, 0.1) is 0 Å². The lowest BCUT2D eigenvalue weighted by molar-refractivity contribution is -0.148. The monoisotopic (exact) mass is 369 g/mol. The number of para-hydroxylation sites is 2. The lowest BCUT2D eigenvalue weighted by Crippen LogP contribution is -2.26. The Morgan fingerprint density at radius 3 is 2.63 bits per heavy atom. The molecule has 0 unspecified atom stereocenters. The number of rotatable bonds is 6. The first kappa shape index (κ1) is 18.4. The average Bonchev–Trinajstić information content (AvgIpc) is 3.00. The summed E-state index contributed by atoms with van der Waals surface area (Å²) in [5.41, 5.74) is 1.98. The molecule has 1 aromatic heterocycles. The SMILES string of the molecule is COc1ccc(C(C)=O)cc1COC(=O)[C@@H](C)n1c(=O)oc2ccccc21. The van der Waals surface area contributed by atoms with Crippen LogP contribution in [0.4, 0.5) is 0 Å². The third kappa shape index (κ3) is 3.62. The number of ether oxygens (including phenoxy) is 2. The van der Waals surface area contributed by atoms with E-state index < -0.39 is 17.8 Å². The third-order valence-electron chi connectivity index (χ3n) is 4.30. The van der Waals surface area contributed by atoms with Crippen LogP contribution in [0.2, 0.25) is 0 Å². The molecule has 3 rings (SSSR count). The zero-order valence-electron chi connectivity index (χ0n) is 15.2. The van der Waals surface area contributed by atoms with E-state index in [1.165, 1.54) is 18.6 Å². The number of esters is 1. The fraction of sp³-hybridized carbons (Fsp3) is 0.250. The summed E-state index contributed by atoms with van der Waals surface area (Å²) in [4.78, 5) is 36.2. The highest BCUT2D eigenvalue weighted by Crippen LogP contribution is 2.23. The van der Waals surface area contributed by atoms with E-state index in [4.69, 9.17) is 13.9 Å². The molecule has 1 heterocycles. The molecule has 0 spiro atoms. The zero-order chi connectivity index (χ0) is 19.6. The van der Waals surface area contributed by atoms with Gasteiger partial charge in [-0.2, -0.15) is 0 Å². The fourth-order valence-corrected chi connectivity index (χ4v) is 2.84. The van der Waals surface area contributed by atoms with Crippen LogP contribution in [0.5, 0.6) is 5.75 Å². The van der Waals surface area contributed by atoms with Gasteiger partial charge in [0.1, 0.15) is 18.4 Å². The largest absolute Gasteiger partial charge is 0.496 e. The van der Waals surface area contributed by atoms with Crippen LogP contribution in [0.25, 0.3) is 11.1 Å². The molecule has 0 radical (unpaired) electrons. The topological polar surface area (TPSA) is 87.7 Å². The minimum Gasteiger partial charge on any atom is -0.496 e. The van der Waals surface area contributed by atoms with E-state index in [2.05, 4.69) is 0 Å². The van der Waals surface area contributed by atoms with Gasteiger partial charge in [-0.05, 0) is 44.2 Å². The molecule has 0 fully saturated rings. The molecule has 7 heteroatoms. The number of carbonyl (C=O) groups is 2. The quantitative estimate of drug-likeness (QED) is 0.490. The van der Waals surface area contributed by atoms with E-state index in [0.29, 0.717) is 28.0 Å². The van der Waals surface area contributed by atoms with Gasteiger partial charge in [0.15, 0.2) is 11.4 Å². The maximum atomic E-state index is 12.5. The van der Waals surface area contributed by atoms with Crippen molar-refractivity contribution in [2.75, 3.05) is 7.11 Å². The van der Waals surface area contributed by atoms with E-state index in [0.717, 1.165) is 0 Å². The van der Waals surface area contributed by atoms with Crippen LogP contribution < -0.4 is 10.5 Å². The number of methoxy groups -OCH3 is 1. The highest BCUT2D eigenvalue weighted by molar-refractivity contribution is 5.94. The molecule has 27 heavy (non-hydrogen) atoms. The van der Waals surface area contributed by atoms with Gasteiger partial charge >= 0.3 is 11.7 Å². The van der Waals surface area contributed by atoms with Crippen molar-refractivity contribution in [3.63, 3.8) is 0 Å².